The SMILES string of the molecule is Cc1ccc2c(c1)[C@@H]1C=CC[C@H]1[C@H](c1ccc(N=Cc3cc(Br)ccc3OCc3ccccc3F)cc1)N2. The number of fused-ring (bicyclic) bond motifs is 3. The van der Waals surface area contributed by atoms with E-state index in [-0.39, 0.29) is 18.5 Å². The molecule has 0 radical (unpaired) electrons. The Morgan fingerprint density at radius 2 is 1.87 bits per heavy atom. The Labute approximate surface area is 231 Å². The maximum absolute atomic E-state index is 14.0. The molecule has 0 saturated carbocycles. The van der Waals surface area contributed by atoms with Gasteiger partial charge in [-0.15, -0.1) is 0 Å². The van der Waals surface area contributed by atoms with Crippen molar-refractivity contribution in [3.05, 3.63) is 135 Å². The number of aliphatic imine (C=N–C) groups is 1. The number of rotatable bonds is 6. The molecule has 0 bridgehead atoms. The first kappa shape index (κ1) is 24.6. The molecule has 2 aliphatic rings. The summed E-state index contributed by atoms with van der Waals surface area (Å²) in [6.07, 6.45) is 7.57. The van der Waals surface area contributed by atoms with Crippen molar-refractivity contribution in [2.75, 3.05) is 5.32 Å². The Bertz CT molecular complexity index is 1530. The smallest absolute Gasteiger partial charge is 0.129 e. The van der Waals surface area contributed by atoms with E-state index >= 15 is 0 Å². The molecule has 6 rings (SSSR count). The molecular weight excluding hydrogens is 539 g/mol. The lowest BCUT2D eigenvalue weighted by molar-refractivity contribution is 0.299. The number of benzene rings is 4. The van der Waals surface area contributed by atoms with Gasteiger partial charge in [0.1, 0.15) is 18.2 Å². The molecule has 1 heterocycles. The van der Waals surface area contributed by atoms with Crippen molar-refractivity contribution in [2.45, 2.75) is 31.9 Å². The van der Waals surface area contributed by atoms with Crippen LogP contribution in [-0.2, 0) is 6.61 Å². The van der Waals surface area contributed by atoms with Gasteiger partial charge in [-0.25, -0.2) is 4.39 Å². The van der Waals surface area contributed by atoms with E-state index in [1.807, 2.05) is 18.2 Å². The van der Waals surface area contributed by atoms with Gasteiger partial charge in [-0.1, -0.05) is 76.1 Å². The molecule has 4 aromatic carbocycles. The van der Waals surface area contributed by atoms with Gasteiger partial charge in [-0.05, 0) is 72.9 Å². The van der Waals surface area contributed by atoms with Crippen LogP contribution < -0.4 is 10.1 Å². The molecule has 190 valence electrons. The van der Waals surface area contributed by atoms with Crippen LogP contribution in [0.3, 0.4) is 0 Å². The quantitative estimate of drug-likeness (QED) is 0.186. The molecule has 1 aliphatic carbocycles. The molecule has 0 aromatic heterocycles. The van der Waals surface area contributed by atoms with Crippen LogP contribution in [0.15, 0.2) is 107 Å². The van der Waals surface area contributed by atoms with Crippen molar-refractivity contribution < 1.29 is 9.13 Å². The van der Waals surface area contributed by atoms with E-state index in [1.54, 1.807) is 24.4 Å². The third-order valence-electron chi connectivity index (χ3n) is 7.44. The van der Waals surface area contributed by atoms with Crippen LogP contribution in [0.25, 0.3) is 0 Å². The van der Waals surface area contributed by atoms with Crippen molar-refractivity contribution >= 4 is 33.5 Å². The molecule has 1 N–H and O–H groups in total. The van der Waals surface area contributed by atoms with Gasteiger partial charge in [0.25, 0.3) is 0 Å². The molecule has 3 atom stereocenters. The molecule has 0 unspecified atom stereocenters. The van der Waals surface area contributed by atoms with Gasteiger partial charge < -0.3 is 10.1 Å². The Kier molecular flexibility index (Phi) is 6.86. The summed E-state index contributed by atoms with van der Waals surface area (Å²) in [5.41, 5.74) is 7.41. The van der Waals surface area contributed by atoms with Crippen molar-refractivity contribution in [3.8, 4) is 5.75 Å². The third-order valence-corrected chi connectivity index (χ3v) is 7.93. The number of anilines is 1. The minimum Gasteiger partial charge on any atom is -0.488 e. The fourth-order valence-corrected chi connectivity index (χ4v) is 5.86. The Morgan fingerprint density at radius 1 is 1.03 bits per heavy atom. The van der Waals surface area contributed by atoms with Gasteiger partial charge in [0.2, 0.25) is 0 Å². The topological polar surface area (TPSA) is 33.6 Å². The number of nitrogens with zero attached hydrogens (tertiary/aromatic N) is 1. The van der Waals surface area contributed by atoms with Crippen molar-refractivity contribution in [3.63, 3.8) is 0 Å². The molecule has 0 spiro atoms. The summed E-state index contributed by atoms with van der Waals surface area (Å²) >= 11 is 3.53. The maximum Gasteiger partial charge on any atom is 0.129 e. The molecule has 3 nitrogen and oxygen atoms in total. The molecule has 0 fully saturated rings. The summed E-state index contributed by atoms with van der Waals surface area (Å²) in [5, 5.41) is 3.81. The summed E-state index contributed by atoms with van der Waals surface area (Å²) in [6, 6.07) is 27.8. The molecule has 4 aromatic rings. The minimum absolute atomic E-state index is 0.151. The monoisotopic (exact) mass is 566 g/mol. The first-order valence-corrected chi connectivity index (χ1v) is 13.7. The van der Waals surface area contributed by atoms with Gasteiger partial charge >= 0.3 is 0 Å². The second kappa shape index (κ2) is 10.6. The number of nitrogens with one attached hydrogen (secondary N) is 1. The number of aryl methyl sites for hydroxylation is 1. The summed E-state index contributed by atoms with van der Waals surface area (Å²) in [4.78, 5) is 4.72. The van der Waals surface area contributed by atoms with E-state index in [0.717, 1.165) is 22.1 Å². The van der Waals surface area contributed by atoms with Crippen LogP contribution in [0.1, 0.15) is 46.2 Å². The van der Waals surface area contributed by atoms with Crippen molar-refractivity contribution in [2.24, 2.45) is 10.9 Å². The average molecular weight is 568 g/mol. The summed E-state index contributed by atoms with van der Waals surface area (Å²) in [5.74, 6) is 1.34. The van der Waals surface area contributed by atoms with E-state index in [4.69, 9.17) is 9.73 Å². The van der Waals surface area contributed by atoms with E-state index in [1.165, 1.54) is 28.4 Å². The molecule has 0 saturated heterocycles. The second-order valence-corrected chi connectivity index (χ2v) is 10.9. The predicted octanol–water partition coefficient (Wildman–Crippen LogP) is 9.05. The van der Waals surface area contributed by atoms with Crippen molar-refractivity contribution in [1.82, 2.24) is 0 Å². The van der Waals surface area contributed by atoms with Gasteiger partial charge in [-0.2, -0.15) is 0 Å². The lowest BCUT2D eigenvalue weighted by Gasteiger charge is -2.37. The first-order valence-electron chi connectivity index (χ1n) is 12.9. The largest absolute Gasteiger partial charge is 0.488 e. The van der Waals surface area contributed by atoms with Crippen LogP contribution in [0, 0.1) is 18.7 Å². The zero-order valence-corrected chi connectivity index (χ0v) is 22.7. The number of ether oxygens (including phenoxy) is 1. The Hall–Kier alpha value is -3.70. The van der Waals surface area contributed by atoms with E-state index in [0.29, 0.717) is 23.1 Å². The zero-order chi connectivity index (χ0) is 26.1. The highest BCUT2D eigenvalue weighted by atomic mass is 79.9. The van der Waals surface area contributed by atoms with Crippen LogP contribution in [0.5, 0.6) is 5.75 Å². The summed E-state index contributed by atoms with van der Waals surface area (Å²) < 4.78 is 20.9. The molecule has 38 heavy (non-hydrogen) atoms. The standard InChI is InChI=1S/C33H28BrFN2O/c1-21-9-15-31-29(17-21)27-6-4-7-28(27)33(37-31)22-10-13-26(14-11-22)36-19-24-18-25(34)12-16-32(24)38-20-23-5-2-3-8-30(23)35/h2-6,8-19,27-28,33,37H,7,20H2,1H3/t27-,28-,33+/m1/s1. The van der Waals surface area contributed by atoms with Crippen LogP contribution in [0.4, 0.5) is 15.8 Å². The molecule has 1 aliphatic heterocycles. The lowest BCUT2D eigenvalue weighted by Crippen LogP contribution is -2.29. The summed E-state index contributed by atoms with van der Waals surface area (Å²) in [6.45, 7) is 2.31. The number of allylic oxidation sites excluding steroid dienone is 2. The molecule has 0 amide bonds. The highest BCUT2D eigenvalue weighted by Crippen LogP contribution is 2.50. The predicted molar refractivity (Wildman–Crippen MR) is 156 cm³/mol. The minimum atomic E-state index is -0.273. The van der Waals surface area contributed by atoms with Crippen molar-refractivity contribution in [1.29, 1.82) is 0 Å². The van der Waals surface area contributed by atoms with Crippen LogP contribution >= 0.6 is 15.9 Å². The Balaban J connectivity index is 1.20. The second-order valence-electron chi connectivity index (χ2n) is 9.98. The lowest BCUT2D eigenvalue weighted by atomic mass is 9.76. The van der Waals surface area contributed by atoms with Gasteiger partial charge in [0.15, 0.2) is 0 Å². The average Bonchev–Trinajstić information content (AvgIpc) is 3.43. The van der Waals surface area contributed by atoms with E-state index in [9.17, 15) is 4.39 Å². The highest BCUT2D eigenvalue weighted by Gasteiger charge is 2.37. The molecular formula is C33H28BrFN2O. The third kappa shape index (κ3) is 5.03. The normalized spacial score (nSPS) is 19.7. The van der Waals surface area contributed by atoms with Gasteiger partial charge in [0.05, 0.1) is 11.7 Å². The fourth-order valence-electron chi connectivity index (χ4n) is 5.48. The van der Waals surface area contributed by atoms with Crippen LogP contribution in [-0.4, -0.2) is 6.21 Å². The van der Waals surface area contributed by atoms with E-state index in [2.05, 4.69) is 82.8 Å². The van der Waals surface area contributed by atoms with Gasteiger partial charge in [0, 0.05) is 33.4 Å². The number of hydrogen-bond acceptors (Lipinski definition) is 3. The maximum atomic E-state index is 14.0. The zero-order valence-electron chi connectivity index (χ0n) is 21.1. The van der Waals surface area contributed by atoms with Crippen LogP contribution in [0.2, 0.25) is 0 Å². The Morgan fingerprint density at radius 3 is 2.71 bits per heavy atom. The first-order chi connectivity index (χ1) is 18.5. The number of hydrogen-bond donors (Lipinski definition) is 1. The number of halogens is 2. The molecule has 5 heteroatoms. The van der Waals surface area contributed by atoms with E-state index < -0.39 is 0 Å². The highest BCUT2D eigenvalue weighted by molar-refractivity contribution is 9.10. The fraction of sp³-hybridized carbons (Fsp3) is 0.182. The summed E-state index contributed by atoms with van der Waals surface area (Å²) in [7, 11) is 0. The van der Waals surface area contributed by atoms with Gasteiger partial charge in [-0.3, -0.25) is 4.99 Å².